The van der Waals surface area contributed by atoms with Gasteiger partial charge in [0.25, 0.3) is 5.91 Å². The zero-order valence-electron chi connectivity index (χ0n) is 21.0. The second-order valence-electron chi connectivity index (χ2n) is 10.9. The van der Waals surface area contributed by atoms with Gasteiger partial charge in [0.2, 0.25) is 0 Å². The molecule has 2 saturated carbocycles. The number of hydrogen-bond donors (Lipinski definition) is 2. The minimum absolute atomic E-state index is 0.120. The van der Waals surface area contributed by atoms with E-state index in [9.17, 15) is 14.7 Å². The molecule has 2 aromatic carbocycles. The predicted octanol–water partition coefficient (Wildman–Crippen LogP) is 5.88. The number of aromatic nitrogens is 2. The van der Waals surface area contributed by atoms with Gasteiger partial charge < -0.3 is 19.9 Å². The Hall–Kier alpha value is -2.94. The number of likely N-dealkylation sites (tertiary alicyclic amines) is 1. The molecule has 196 valence electrons. The van der Waals surface area contributed by atoms with Gasteiger partial charge >= 0.3 is 5.97 Å². The maximum Gasteiger partial charge on any atom is 0.335 e. The lowest BCUT2D eigenvalue weighted by Gasteiger charge is -2.32. The summed E-state index contributed by atoms with van der Waals surface area (Å²) in [5.74, 6) is -0.507. The lowest BCUT2D eigenvalue weighted by molar-refractivity contribution is 0.0696. The van der Waals surface area contributed by atoms with Crippen molar-refractivity contribution in [3.8, 4) is 0 Å². The Bertz CT molecular complexity index is 1580. The van der Waals surface area contributed by atoms with Crippen LogP contribution < -0.4 is 5.32 Å². The third-order valence-corrected chi connectivity index (χ3v) is 9.43. The quantitative estimate of drug-likeness (QED) is 0.301. The van der Waals surface area contributed by atoms with Crippen LogP contribution in [0.1, 0.15) is 75.9 Å². The maximum atomic E-state index is 13.7. The van der Waals surface area contributed by atoms with Crippen LogP contribution in [0.15, 0.2) is 36.4 Å². The predicted molar refractivity (Wildman–Crippen MR) is 150 cm³/mol. The highest BCUT2D eigenvalue weighted by molar-refractivity contribution is 7.19. The molecule has 7 rings (SSSR count). The first-order chi connectivity index (χ1) is 18.4. The van der Waals surface area contributed by atoms with Crippen molar-refractivity contribution in [1.82, 2.24) is 19.8 Å². The molecule has 9 heteroatoms. The van der Waals surface area contributed by atoms with Crippen molar-refractivity contribution >= 4 is 55.9 Å². The number of thiophene rings is 1. The van der Waals surface area contributed by atoms with E-state index in [1.165, 1.54) is 12.8 Å². The number of nitrogens with one attached hydrogen (secondary N) is 1. The summed E-state index contributed by atoms with van der Waals surface area (Å²) in [6.07, 6.45) is 6.52. The molecule has 1 aliphatic heterocycles. The number of nitrogens with zero attached hydrogens (tertiary/aromatic N) is 3. The normalized spacial score (nSPS) is 18.9. The van der Waals surface area contributed by atoms with Crippen LogP contribution in [0.3, 0.4) is 0 Å². The molecule has 2 aromatic heterocycles. The van der Waals surface area contributed by atoms with Gasteiger partial charge in [-0.25, -0.2) is 9.78 Å². The fourth-order valence-electron chi connectivity index (χ4n) is 5.85. The number of piperidine rings is 1. The Balaban J connectivity index is 1.27. The second-order valence-corrected chi connectivity index (χ2v) is 12.5. The minimum Gasteiger partial charge on any atom is -0.478 e. The first-order valence-corrected chi connectivity index (χ1v) is 14.6. The standard InChI is InChI=1S/C29H29ClN4O3S/c30-19-4-3-17-11-22(38-25(17)14-19)15-34-26-23(16-1-2-16)12-18(29(36)37)13-24(26)32-27(34)28(35)31-20-7-9-33(10-8-20)21-5-6-21/h3-4,11-14,16,20-21H,1-2,5-10,15H2,(H,31,35)(H,36,37). The number of carbonyl (C=O) groups excluding carboxylic acids is 1. The van der Waals surface area contributed by atoms with Crippen molar-refractivity contribution in [1.29, 1.82) is 0 Å². The summed E-state index contributed by atoms with van der Waals surface area (Å²) >= 11 is 7.88. The van der Waals surface area contributed by atoms with Crippen molar-refractivity contribution in [2.45, 2.75) is 63.1 Å². The number of halogens is 1. The van der Waals surface area contributed by atoms with Crippen LogP contribution in [-0.2, 0) is 6.54 Å². The number of imidazole rings is 1. The summed E-state index contributed by atoms with van der Waals surface area (Å²) < 4.78 is 3.11. The van der Waals surface area contributed by atoms with Gasteiger partial charge in [0, 0.05) is 39.8 Å². The average Bonchev–Trinajstić information content (AvgIpc) is 3.83. The van der Waals surface area contributed by atoms with Crippen LogP contribution in [0.4, 0.5) is 0 Å². The summed E-state index contributed by atoms with van der Waals surface area (Å²) in [6, 6.07) is 12.3. The number of fused-ring (bicyclic) bond motifs is 2. The number of amides is 1. The number of aromatic carboxylic acids is 1. The number of carbonyl (C=O) groups is 2. The van der Waals surface area contributed by atoms with Crippen LogP contribution in [-0.4, -0.2) is 56.6 Å². The maximum absolute atomic E-state index is 13.7. The van der Waals surface area contributed by atoms with Crippen LogP contribution in [0.5, 0.6) is 0 Å². The number of benzene rings is 2. The Morgan fingerprint density at radius 2 is 1.84 bits per heavy atom. The Morgan fingerprint density at radius 3 is 2.55 bits per heavy atom. The molecule has 3 heterocycles. The van der Waals surface area contributed by atoms with E-state index < -0.39 is 5.97 Å². The molecule has 3 aliphatic rings. The van der Waals surface area contributed by atoms with Crippen LogP contribution in [0.2, 0.25) is 5.02 Å². The van der Waals surface area contributed by atoms with Gasteiger partial charge in [-0.15, -0.1) is 11.3 Å². The van der Waals surface area contributed by atoms with Crippen LogP contribution >= 0.6 is 22.9 Å². The first-order valence-electron chi connectivity index (χ1n) is 13.4. The molecular formula is C29H29ClN4O3S. The number of hydrogen-bond acceptors (Lipinski definition) is 5. The van der Waals surface area contributed by atoms with Gasteiger partial charge in [0.05, 0.1) is 23.1 Å². The van der Waals surface area contributed by atoms with E-state index in [4.69, 9.17) is 16.6 Å². The number of carboxylic acid groups (broad SMARTS) is 1. The van der Waals surface area contributed by atoms with E-state index in [2.05, 4.69) is 16.3 Å². The third-order valence-electron chi connectivity index (χ3n) is 8.11. The molecule has 4 aromatic rings. The van der Waals surface area contributed by atoms with Gasteiger partial charge in [-0.1, -0.05) is 17.7 Å². The third kappa shape index (κ3) is 4.59. The molecule has 3 fully saturated rings. The molecule has 1 saturated heterocycles. The van der Waals surface area contributed by atoms with Crippen molar-refractivity contribution in [3.05, 3.63) is 63.2 Å². The highest BCUT2D eigenvalue weighted by atomic mass is 35.5. The van der Waals surface area contributed by atoms with E-state index in [1.54, 1.807) is 23.5 Å². The molecule has 0 spiro atoms. The van der Waals surface area contributed by atoms with Gasteiger partial charge in [0.1, 0.15) is 0 Å². The highest BCUT2D eigenvalue weighted by Gasteiger charge is 2.34. The first kappa shape index (κ1) is 24.1. The smallest absolute Gasteiger partial charge is 0.335 e. The summed E-state index contributed by atoms with van der Waals surface area (Å²) in [7, 11) is 0. The second kappa shape index (κ2) is 9.36. The van der Waals surface area contributed by atoms with Crippen LogP contribution in [0.25, 0.3) is 21.1 Å². The summed E-state index contributed by atoms with van der Waals surface area (Å²) in [6.45, 7) is 2.52. The lowest BCUT2D eigenvalue weighted by atomic mass is 10.0. The van der Waals surface area contributed by atoms with E-state index >= 15 is 0 Å². The Kier molecular flexibility index (Phi) is 5.94. The SMILES string of the molecule is O=C(O)c1cc(C2CC2)c2c(c1)nc(C(=O)NC1CCN(C3CC3)CC1)n2Cc1cc2ccc(Cl)cc2s1. The van der Waals surface area contributed by atoms with Gasteiger partial charge in [-0.3, -0.25) is 4.79 Å². The minimum atomic E-state index is -0.974. The highest BCUT2D eigenvalue weighted by Crippen LogP contribution is 2.44. The van der Waals surface area contributed by atoms with E-state index in [0.29, 0.717) is 28.8 Å². The molecule has 1 amide bonds. The van der Waals surface area contributed by atoms with E-state index in [-0.39, 0.29) is 17.5 Å². The van der Waals surface area contributed by atoms with Gasteiger partial charge in [-0.2, -0.15) is 0 Å². The van der Waals surface area contributed by atoms with Crippen molar-refractivity contribution in [2.75, 3.05) is 13.1 Å². The zero-order valence-corrected chi connectivity index (χ0v) is 22.5. The summed E-state index contributed by atoms with van der Waals surface area (Å²) in [5, 5.41) is 14.8. The molecule has 2 N–H and O–H groups in total. The molecule has 7 nitrogen and oxygen atoms in total. The molecule has 0 radical (unpaired) electrons. The van der Waals surface area contributed by atoms with Crippen molar-refractivity contribution in [2.24, 2.45) is 0 Å². The van der Waals surface area contributed by atoms with Gasteiger partial charge in [0.15, 0.2) is 5.82 Å². The molecule has 2 aliphatic carbocycles. The fraction of sp³-hybridized carbons (Fsp3) is 0.414. The Morgan fingerprint density at radius 1 is 1.05 bits per heavy atom. The molecule has 38 heavy (non-hydrogen) atoms. The van der Waals surface area contributed by atoms with Gasteiger partial charge in [-0.05, 0) is 85.7 Å². The van der Waals surface area contributed by atoms with E-state index in [1.807, 2.05) is 22.8 Å². The molecule has 0 unspecified atom stereocenters. The fourth-order valence-corrected chi connectivity index (χ4v) is 7.18. The van der Waals surface area contributed by atoms with Crippen LogP contribution in [0, 0.1) is 0 Å². The topological polar surface area (TPSA) is 87.5 Å². The Labute approximate surface area is 229 Å². The molecular weight excluding hydrogens is 520 g/mol. The average molecular weight is 549 g/mol. The van der Waals surface area contributed by atoms with Crippen molar-refractivity contribution in [3.63, 3.8) is 0 Å². The summed E-state index contributed by atoms with van der Waals surface area (Å²) in [4.78, 5) is 34.0. The lowest BCUT2D eigenvalue weighted by Crippen LogP contribution is -2.45. The molecule has 0 atom stereocenters. The monoisotopic (exact) mass is 548 g/mol. The number of carboxylic acids is 1. The van der Waals surface area contributed by atoms with E-state index in [0.717, 1.165) is 70.9 Å². The summed E-state index contributed by atoms with van der Waals surface area (Å²) in [5.41, 5.74) is 2.65. The number of rotatable bonds is 7. The zero-order chi connectivity index (χ0) is 26.0. The van der Waals surface area contributed by atoms with Crippen molar-refractivity contribution < 1.29 is 14.7 Å². The largest absolute Gasteiger partial charge is 0.478 e. The molecule has 0 bridgehead atoms.